The van der Waals surface area contributed by atoms with Gasteiger partial charge in [-0.2, -0.15) is 18.3 Å². The van der Waals surface area contributed by atoms with Crippen molar-refractivity contribution in [3.05, 3.63) is 47.3 Å². The number of aromatic nitrogens is 3. The molecular weight excluding hydrogens is 385 g/mol. The van der Waals surface area contributed by atoms with Crippen molar-refractivity contribution in [3.8, 4) is 5.75 Å². The molecule has 29 heavy (non-hydrogen) atoms. The molecule has 3 aromatic rings. The molecule has 1 N–H and O–H groups in total. The molecule has 0 saturated heterocycles. The molecule has 4 rings (SSSR count). The highest BCUT2D eigenvalue weighted by Gasteiger charge is 2.30. The minimum Gasteiger partial charge on any atom is -0.482 e. The van der Waals surface area contributed by atoms with E-state index in [1.54, 1.807) is 36.9 Å². The number of fused-ring (bicyclic) bond motifs is 1. The lowest BCUT2D eigenvalue weighted by Gasteiger charge is -2.14. The zero-order valence-corrected chi connectivity index (χ0v) is 15.9. The molecule has 0 atom stereocenters. The van der Waals surface area contributed by atoms with Gasteiger partial charge < -0.3 is 10.1 Å². The lowest BCUT2D eigenvalue weighted by molar-refractivity contribution is -0.153. The first kappa shape index (κ1) is 19.2. The first-order valence-electron chi connectivity index (χ1n) is 9.17. The Bertz CT molecular complexity index is 1090. The number of pyridine rings is 1. The molecule has 0 aliphatic heterocycles. The van der Waals surface area contributed by atoms with Crippen LogP contribution in [0.4, 0.5) is 18.9 Å². The summed E-state index contributed by atoms with van der Waals surface area (Å²) in [5.74, 6) is -0.171. The Morgan fingerprint density at radius 3 is 2.72 bits per heavy atom. The summed E-state index contributed by atoms with van der Waals surface area (Å²) in [5, 5.41) is 7.67. The third-order valence-corrected chi connectivity index (χ3v) is 4.76. The van der Waals surface area contributed by atoms with Crippen molar-refractivity contribution in [2.24, 2.45) is 7.05 Å². The van der Waals surface area contributed by atoms with Gasteiger partial charge in [0.25, 0.3) is 5.91 Å². The van der Waals surface area contributed by atoms with Crippen molar-refractivity contribution in [2.45, 2.75) is 31.9 Å². The summed E-state index contributed by atoms with van der Waals surface area (Å²) >= 11 is 0. The SMILES string of the molecule is Cc1nn(C)c2nc(C3CC3)cc(C(=O)Nc3ccccc3OCC(F)(F)F)c12. The maximum Gasteiger partial charge on any atom is 0.422 e. The van der Waals surface area contributed by atoms with Gasteiger partial charge in [0.2, 0.25) is 0 Å². The van der Waals surface area contributed by atoms with Gasteiger partial charge >= 0.3 is 6.18 Å². The van der Waals surface area contributed by atoms with E-state index in [0.717, 1.165) is 18.5 Å². The lowest BCUT2D eigenvalue weighted by Crippen LogP contribution is -2.20. The number of rotatable bonds is 5. The molecule has 2 aromatic heterocycles. The molecule has 152 valence electrons. The second kappa shape index (κ2) is 7.06. The van der Waals surface area contributed by atoms with Crippen LogP contribution in [0.3, 0.4) is 0 Å². The highest BCUT2D eigenvalue weighted by molar-refractivity contribution is 6.13. The molecular formula is C20H19F3N4O2. The standard InChI is InChI=1S/C20H19F3N4O2/c1-11-17-13(9-15(12-7-8-12)24-18(17)27(2)26-11)19(28)25-14-5-3-4-6-16(14)29-10-20(21,22)23/h3-6,9,12H,7-8,10H2,1-2H3,(H,25,28). The zero-order valence-electron chi connectivity index (χ0n) is 15.9. The Morgan fingerprint density at radius 1 is 1.31 bits per heavy atom. The molecule has 0 spiro atoms. The van der Waals surface area contributed by atoms with Crippen LogP contribution in [-0.2, 0) is 7.05 Å². The van der Waals surface area contributed by atoms with Crippen LogP contribution in [0.25, 0.3) is 11.0 Å². The number of carbonyl (C=O) groups excluding carboxylic acids is 1. The predicted molar refractivity (Wildman–Crippen MR) is 101 cm³/mol. The number of alkyl halides is 3. The molecule has 0 unspecified atom stereocenters. The van der Waals surface area contributed by atoms with E-state index in [1.807, 2.05) is 0 Å². The number of para-hydroxylation sites is 2. The first-order valence-corrected chi connectivity index (χ1v) is 9.17. The van der Waals surface area contributed by atoms with E-state index in [2.05, 4.69) is 15.4 Å². The molecule has 1 saturated carbocycles. The van der Waals surface area contributed by atoms with E-state index < -0.39 is 18.7 Å². The molecule has 1 aromatic carbocycles. The highest BCUT2D eigenvalue weighted by Crippen LogP contribution is 2.40. The number of amides is 1. The Balaban J connectivity index is 1.68. The third-order valence-electron chi connectivity index (χ3n) is 4.76. The van der Waals surface area contributed by atoms with Crippen molar-refractivity contribution in [1.29, 1.82) is 0 Å². The Morgan fingerprint density at radius 2 is 2.03 bits per heavy atom. The van der Waals surface area contributed by atoms with Crippen LogP contribution >= 0.6 is 0 Å². The number of hydrogen-bond donors (Lipinski definition) is 1. The second-order valence-electron chi connectivity index (χ2n) is 7.13. The smallest absolute Gasteiger partial charge is 0.422 e. The molecule has 0 radical (unpaired) electrons. The van der Waals surface area contributed by atoms with Gasteiger partial charge in [-0.1, -0.05) is 12.1 Å². The van der Waals surface area contributed by atoms with E-state index in [1.165, 1.54) is 12.1 Å². The largest absolute Gasteiger partial charge is 0.482 e. The highest BCUT2D eigenvalue weighted by atomic mass is 19.4. The minimum atomic E-state index is -4.47. The van der Waals surface area contributed by atoms with Crippen LogP contribution in [0, 0.1) is 6.92 Å². The number of carbonyl (C=O) groups is 1. The van der Waals surface area contributed by atoms with Gasteiger partial charge in [-0.25, -0.2) is 4.98 Å². The number of aryl methyl sites for hydroxylation is 2. The number of halogens is 3. The van der Waals surface area contributed by atoms with Gasteiger partial charge in [-0.05, 0) is 38.0 Å². The summed E-state index contributed by atoms with van der Waals surface area (Å²) < 4.78 is 44.0. The maximum absolute atomic E-state index is 13.1. The van der Waals surface area contributed by atoms with Crippen LogP contribution < -0.4 is 10.1 Å². The van der Waals surface area contributed by atoms with E-state index in [9.17, 15) is 18.0 Å². The summed E-state index contributed by atoms with van der Waals surface area (Å²) in [6.45, 7) is 0.352. The molecule has 1 fully saturated rings. The molecule has 9 heteroatoms. The summed E-state index contributed by atoms with van der Waals surface area (Å²) in [5.41, 5.74) is 2.66. The number of hydrogen-bond acceptors (Lipinski definition) is 4. The molecule has 1 aliphatic rings. The molecule has 0 bridgehead atoms. The third kappa shape index (κ3) is 4.03. The fraction of sp³-hybridized carbons (Fsp3) is 0.350. The van der Waals surface area contributed by atoms with Gasteiger partial charge in [0.05, 0.1) is 22.3 Å². The van der Waals surface area contributed by atoms with Gasteiger partial charge in [0.1, 0.15) is 5.75 Å². The Labute approximate surface area is 164 Å². The number of ether oxygens (including phenoxy) is 1. The van der Waals surface area contributed by atoms with Crippen LogP contribution in [0.15, 0.2) is 30.3 Å². The number of nitrogens with zero attached hydrogens (tertiary/aromatic N) is 3. The quantitative estimate of drug-likeness (QED) is 0.687. The zero-order chi connectivity index (χ0) is 20.8. The molecule has 6 nitrogen and oxygen atoms in total. The second-order valence-corrected chi connectivity index (χ2v) is 7.13. The summed E-state index contributed by atoms with van der Waals surface area (Å²) in [6, 6.07) is 7.79. The lowest BCUT2D eigenvalue weighted by atomic mass is 10.1. The van der Waals surface area contributed by atoms with Crippen molar-refractivity contribution in [2.75, 3.05) is 11.9 Å². The van der Waals surface area contributed by atoms with E-state index in [4.69, 9.17) is 4.74 Å². The van der Waals surface area contributed by atoms with Crippen molar-refractivity contribution < 1.29 is 22.7 Å². The summed E-state index contributed by atoms with van der Waals surface area (Å²) in [6.07, 6.45) is -2.44. The fourth-order valence-electron chi connectivity index (χ4n) is 3.28. The minimum absolute atomic E-state index is 0.0474. The van der Waals surface area contributed by atoms with Crippen molar-refractivity contribution in [3.63, 3.8) is 0 Å². The number of nitrogens with one attached hydrogen (secondary N) is 1. The van der Waals surface area contributed by atoms with Crippen LogP contribution in [0.1, 0.15) is 40.5 Å². The van der Waals surface area contributed by atoms with Crippen molar-refractivity contribution >= 4 is 22.6 Å². The average molecular weight is 404 g/mol. The average Bonchev–Trinajstić information content (AvgIpc) is 3.46. The number of benzene rings is 1. The monoisotopic (exact) mass is 404 g/mol. The van der Waals surface area contributed by atoms with E-state index in [0.29, 0.717) is 28.2 Å². The Hall–Kier alpha value is -3.10. The number of anilines is 1. The summed E-state index contributed by atoms with van der Waals surface area (Å²) in [4.78, 5) is 17.7. The van der Waals surface area contributed by atoms with Crippen molar-refractivity contribution in [1.82, 2.24) is 14.8 Å². The van der Waals surface area contributed by atoms with Crippen LogP contribution in [0.2, 0.25) is 0 Å². The molecule has 1 aliphatic carbocycles. The normalized spacial score (nSPS) is 14.2. The molecule has 1 amide bonds. The van der Waals surface area contributed by atoms with Crippen LogP contribution in [-0.4, -0.2) is 33.5 Å². The summed E-state index contributed by atoms with van der Waals surface area (Å²) in [7, 11) is 1.76. The van der Waals surface area contributed by atoms with E-state index >= 15 is 0 Å². The van der Waals surface area contributed by atoms with Gasteiger partial charge in [-0.15, -0.1) is 0 Å². The topological polar surface area (TPSA) is 69.0 Å². The predicted octanol–water partition coefficient (Wildman–Crippen LogP) is 4.35. The molecule has 2 heterocycles. The van der Waals surface area contributed by atoms with Gasteiger partial charge in [0.15, 0.2) is 12.3 Å². The first-order chi connectivity index (χ1) is 13.7. The fourth-order valence-corrected chi connectivity index (χ4v) is 3.28. The van der Waals surface area contributed by atoms with E-state index in [-0.39, 0.29) is 11.4 Å². The maximum atomic E-state index is 13.1. The van der Waals surface area contributed by atoms with Gasteiger partial charge in [0, 0.05) is 18.7 Å². The van der Waals surface area contributed by atoms with Crippen LogP contribution in [0.5, 0.6) is 5.75 Å². The van der Waals surface area contributed by atoms with Gasteiger partial charge in [-0.3, -0.25) is 9.48 Å². The Kier molecular flexibility index (Phi) is 4.68.